The molecule has 0 fully saturated rings. The second kappa shape index (κ2) is 9.35. The lowest BCUT2D eigenvalue weighted by molar-refractivity contribution is -0.142. The van der Waals surface area contributed by atoms with E-state index in [-0.39, 0.29) is 24.8 Å². The molecule has 1 heterocycles. The highest BCUT2D eigenvalue weighted by Crippen LogP contribution is 2.35. The minimum absolute atomic E-state index is 0.0844. The monoisotopic (exact) mass is 410 g/mol. The fourth-order valence-corrected chi connectivity index (χ4v) is 3.38. The third kappa shape index (κ3) is 4.56. The molecule has 2 N–H and O–H groups in total. The van der Waals surface area contributed by atoms with Crippen LogP contribution in [0.1, 0.15) is 42.5 Å². The first-order valence-electron chi connectivity index (χ1n) is 9.80. The average molecular weight is 410 g/mol. The number of carboxylic acid groups (broad SMARTS) is 1. The first kappa shape index (κ1) is 21.2. The van der Waals surface area contributed by atoms with Gasteiger partial charge in [-0.15, -0.1) is 0 Å². The number of aliphatic carboxylic acids is 1. The normalized spacial score (nSPS) is 15.4. The maximum Gasteiger partial charge on any atom is 0.303 e. The van der Waals surface area contributed by atoms with Crippen LogP contribution in [0.5, 0.6) is 11.5 Å². The number of hydrazine groups is 1. The Morgan fingerprint density at radius 3 is 2.33 bits per heavy atom. The highest BCUT2D eigenvalue weighted by molar-refractivity contribution is 5.84. The number of carboxylic acids is 1. The molecule has 1 amide bonds. The van der Waals surface area contributed by atoms with Crippen LogP contribution in [0.25, 0.3) is 5.70 Å². The van der Waals surface area contributed by atoms with Gasteiger partial charge in [-0.1, -0.05) is 31.2 Å². The van der Waals surface area contributed by atoms with Gasteiger partial charge in [0.1, 0.15) is 0 Å². The van der Waals surface area contributed by atoms with Gasteiger partial charge in [0.15, 0.2) is 11.5 Å². The Bertz CT molecular complexity index is 953. The lowest BCUT2D eigenvalue weighted by atomic mass is 10.0. The number of nitrogens with zero attached hydrogens (tertiary/aromatic N) is 1. The number of rotatable bonds is 8. The molecule has 0 saturated carbocycles. The third-order valence-electron chi connectivity index (χ3n) is 5.09. The summed E-state index contributed by atoms with van der Waals surface area (Å²) in [5, 5.41) is 10.4. The van der Waals surface area contributed by atoms with E-state index >= 15 is 0 Å². The molecule has 30 heavy (non-hydrogen) atoms. The van der Waals surface area contributed by atoms with Crippen molar-refractivity contribution in [3.05, 3.63) is 65.2 Å². The Kier molecular flexibility index (Phi) is 6.61. The fourth-order valence-electron chi connectivity index (χ4n) is 3.38. The van der Waals surface area contributed by atoms with Crippen molar-refractivity contribution in [1.29, 1.82) is 0 Å². The third-order valence-corrected chi connectivity index (χ3v) is 5.09. The molecule has 1 aliphatic rings. The predicted octanol–water partition coefficient (Wildman–Crippen LogP) is 3.56. The van der Waals surface area contributed by atoms with Crippen LogP contribution in [0.2, 0.25) is 0 Å². The summed E-state index contributed by atoms with van der Waals surface area (Å²) in [7, 11) is 3.14. The van der Waals surface area contributed by atoms with Crippen LogP contribution in [-0.4, -0.2) is 36.2 Å². The number of carbonyl (C=O) groups is 2. The minimum Gasteiger partial charge on any atom is -0.493 e. The molecule has 0 aromatic heterocycles. The first-order chi connectivity index (χ1) is 14.5. The van der Waals surface area contributed by atoms with E-state index < -0.39 is 5.97 Å². The number of nitrogens with one attached hydrogen (secondary N) is 1. The van der Waals surface area contributed by atoms with Crippen molar-refractivity contribution >= 4 is 17.6 Å². The number of hydrogen-bond donors (Lipinski definition) is 2. The number of benzene rings is 2. The average Bonchev–Trinajstić information content (AvgIpc) is 3.22. The molecule has 158 valence electrons. The maximum absolute atomic E-state index is 12.8. The second-order valence-electron chi connectivity index (χ2n) is 6.96. The van der Waals surface area contributed by atoms with E-state index in [2.05, 4.69) is 12.3 Å². The van der Waals surface area contributed by atoms with Crippen LogP contribution in [0.3, 0.4) is 0 Å². The van der Waals surface area contributed by atoms with Crippen LogP contribution in [0, 0.1) is 0 Å². The standard InChI is InChI=1S/C23H26N2O5/c1-4-15-5-7-16(8-6-15)19-14-18(24-25(19)22(26)11-12-23(27)28)17-9-10-20(29-2)21(13-17)30-3/h5-10,13-14,19,24H,4,11-12H2,1-3H3,(H,27,28)/t19-/m0/s1. The zero-order valence-electron chi connectivity index (χ0n) is 17.3. The molecule has 1 aliphatic heterocycles. The van der Waals surface area contributed by atoms with Gasteiger partial charge in [0.2, 0.25) is 5.91 Å². The van der Waals surface area contributed by atoms with Crippen LogP contribution in [0.4, 0.5) is 0 Å². The first-order valence-corrected chi connectivity index (χ1v) is 9.80. The lowest BCUT2D eigenvalue weighted by Gasteiger charge is -2.25. The van der Waals surface area contributed by atoms with Gasteiger partial charge in [-0.2, -0.15) is 0 Å². The molecule has 7 heteroatoms. The number of aryl methyl sites for hydroxylation is 1. The van der Waals surface area contributed by atoms with Crippen molar-refractivity contribution in [1.82, 2.24) is 10.4 Å². The predicted molar refractivity (Wildman–Crippen MR) is 113 cm³/mol. The molecular formula is C23H26N2O5. The summed E-state index contributed by atoms with van der Waals surface area (Å²) < 4.78 is 10.7. The van der Waals surface area contributed by atoms with Gasteiger partial charge in [-0.3, -0.25) is 15.0 Å². The van der Waals surface area contributed by atoms with E-state index in [4.69, 9.17) is 14.6 Å². The largest absolute Gasteiger partial charge is 0.493 e. The Morgan fingerprint density at radius 1 is 1.03 bits per heavy atom. The molecule has 7 nitrogen and oxygen atoms in total. The van der Waals surface area contributed by atoms with Gasteiger partial charge in [-0.05, 0) is 41.8 Å². The summed E-state index contributed by atoms with van der Waals surface area (Å²) in [5.41, 5.74) is 6.87. The lowest BCUT2D eigenvalue weighted by Crippen LogP contribution is -2.39. The molecule has 3 rings (SSSR count). The quantitative estimate of drug-likeness (QED) is 0.692. The minimum atomic E-state index is -1.00. The van der Waals surface area contributed by atoms with Crippen molar-refractivity contribution in [2.75, 3.05) is 14.2 Å². The van der Waals surface area contributed by atoms with E-state index in [9.17, 15) is 9.59 Å². The van der Waals surface area contributed by atoms with Crippen molar-refractivity contribution in [3.63, 3.8) is 0 Å². The van der Waals surface area contributed by atoms with Crippen molar-refractivity contribution in [2.24, 2.45) is 0 Å². The topological polar surface area (TPSA) is 88.1 Å². The Balaban J connectivity index is 1.94. The van der Waals surface area contributed by atoms with Crippen molar-refractivity contribution < 1.29 is 24.2 Å². The van der Waals surface area contributed by atoms with Gasteiger partial charge >= 0.3 is 5.97 Å². The van der Waals surface area contributed by atoms with Gasteiger partial charge in [0.05, 0.1) is 32.4 Å². The molecule has 2 aromatic rings. The molecule has 0 radical (unpaired) electrons. The van der Waals surface area contributed by atoms with Crippen LogP contribution in [0.15, 0.2) is 48.5 Å². The van der Waals surface area contributed by atoms with Gasteiger partial charge in [0.25, 0.3) is 0 Å². The Hall–Kier alpha value is -3.48. The molecule has 1 atom stereocenters. The molecule has 0 aliphatic carbocycles. The van der Waals surface area contributed by atoms with E-state index in [1.165, 1.54) is 10.6 Å². The van der Waals surface area contributed by atoms with Gasteiger partial charge < -0.3 is 14.6 Å². The van der Waals surface area contributed by atoms with E-state index in [0.717, 1.165) is 23.2 Å². The maximum atomic E-state index is 12.8. The summed E-state index contributed by atoms with van der Waals surface area (Å²) in [6, 6.07) is 13.2. The van der Waals surface area contributed by atoms with Crippen LogP contribution >= 0.6 is 0 Å². The number of amides is 1. The summed E-state index contributed by atoms with van der Waals surface area (Å²) in [5.74, 6) is -0.0914. The van der Waals surface area contributed by atoms with E-state index in [1.54, 1.807) is 20.3 Å². The summed E-state index contributed by atoms with van der Waals surface area (Å²) in [6.45, 7) is 2.09. The van der Waals surface area contributed by atoms with Gasteiger partial charge in [-0.25, -0.2) is 5.01 Å². The SMILES string of the molecule is CCc1ccc([C@@H]2C=C(c3ccc(OC)c(OC)c3)NN2C(=O)CCC(=O)O)cc1. The molecule has 0 spiro atoms. The van der Waals surface area contributed by atoms with E-state index in [0.29, 0.717) is 11.5 Å². The number of ether oxygens (including phenoxy) is 2. The fraction of sp³-hybridized carbons (Fsp3) is 0.304. The van der Waals surface area contributed by atoms with Crippen LogP contribution in [-0.2, 0) is 16.0 Å². The Labute approximate surface area is 175 Å². The van der Waals surface area contributed by atoms with Crippen molar-refractivity contribution in [3.8, 4) is 11.5 Å². The number of hydrogen-bond acceptors (Lipinski definition) is 5. The Morgan fingerprint density at radius 2 is 1.73 bits per heavy atom. The summed E-state index contributed by atoms with van der Waals surface area (Å²) >= 11 is 0. The summed E-state index contributed by atoms with van der Waals surface area (Å²) in [6.07, 6.45) is 2.58. The molecule has 2 aromatic carbocycles. The van der Waals surface area contributed by atoms with Crippen LogP contribution < -0.4 is 14.9 Å². The summed E-state index contributed by atoms with van der Waals surface area (Å²) in [4.78, 5) is 23.7. The van der Waals surface area contributed by atoms with Crippen molar-refractivity contribution in [2.45, 2.75) is 32.2 Å². The highest BCUT2D eigenvalue weighted by atomic mass is 16.5. The number of carbonyl (C=O) groups excluding carboxylic acids is 1. The molecule has 0 bridgehead atoms. The molecule has 0 saturated heterocycles. The molecule has 0 unspecified atom stereocenters. The van der Waals surface area contributed by atoms with Gasteiger partial charge in [0, 0.05) is 12.0 Å². The zero-order chi connectivity index (χ0) is 21.7. The highest BCUT2D eigenvalue weighted by Gasteiger charge is 2.31. The zero-order valence-corrected chi connectivity index (χ0v) is 17.3. The number of methoxy groups -OCH3 is 2. The molecular weight excluding hydrogens is 384 g/mol. The van der Waals surface area contributed by atoms with E-state index in [1.807, 2.05) is 42.5 Å². The smallest absolute Gasteiger partial charge is 0.303 e. The second-order valence-corrected chi connectivity index (χ2v) is 6.96.